The van der Waals surface area contributed by atoms with Gasteiger partial charge in [0.05, 0.1) is 6.54 Å². The molecule has 0 unspecified atom stereocenters. The third kappa shape index (κ3) is 3.09. The van der Waals surface area contributed by atoms with E-state index in [-0.39, 0.29) is 5.91 Å². The number of anilines is 2. The number of fused-ring (bicyclic) bond motifs is 1. The molecular weight excluding hydrogens is 284 g/mol. The van der Waals surface area contributed by atoms with Crippen molar-refractivity contribution in [3.63, 3.8) is 0 Å². The molecule has 3 nitrogen and oxygen atoms in total. The number of benzene rings is 2. The zero-order chi connectivity index (χ0) is 16.4. The normalized spacial score (nSPS) is 16.3. The minimum Gasteiger partial charge on any atom is -0.359 e. The number of hydrogen-bond donors (Lipinski definition) is 1. The number of aryl methyl sites for hydroxylation is 2. The van der Waals surface area contributed by atoms with Crippen molar-refractivity contribution < 1.29 is 4.79 Å². The highest BCUT2D eigenvalue weighted by Crippen LogP contribution is 2.31. The summed E-state index contributed by atoms with van der Waals surface area (Å²) in [6, 6.07) is 14.9. The maximum atomic E-state index is 12.6. The Labute approximate surface area is 138 Å². The van der Waals surface area contributed by atoms with Crippen molar-refractivity contribution in [2.75, 3.05) is 16.8 Å². The summed E-state index contributed by atoms with van der Waals surface area (Å²) in [5.74, 6) is 0.0533. The van der Waals surface area contributed by atoms with Gasteiger partial charge in [-0.25, -0.2) is 0 Å². The molecule has 3 rings (SSSR count). The molecule has 0 spiro atoms. The summed E-state index contributed by atoms with van der Waals surface area (Å²) >= 11 is 0. The van der Waals surface area contributed by atoms with Crippen LogP contribution in [0.1, 0.15) is 30.5 Å². The van der Waals surface area contributed by atoms with E-state index >= 15 is 0 Å². The van der Waals surface area contributed by atoms with Crippen LogP contribution < -0.4 is 10.2 Å². The highest BCUT2D eigenvalue weighted by atomic mass is 16.2. The number of hydrogen-bond acceptors (Lipinski definition) is 2. The highest BCUT2D eigenvalue weighted by Gasteiger charge is 2.27. The van der Waals surface area contributed by atoms with Gasteiger partial charge in [0.2, 0.25) is 5.91 Å². The zero-order valence-corrected chi connectivity index (χ0v) is 14.1. The van der Waals surface area contributed by atoms with E-state index in [1.807, 2.05) is 25.1 Å². The van der Waals surface area contributed by atoms with Crippen LogP contribution in [0.4, 0.5) is 11.4 Å². The van der Waals surface area contributed by atoms with E-state index in [0.717, 1.165) is 24.1 Å². The summed E-state index contributed by atoms with van der Waals surface area (Å²) in [5, 5.41) is 3.13. The summed E-state index contributed by atoms with van der Waals surface area (Å²) in [4.78, 5) is 14.8. The van der Waals surface area contributed by atoms with E-state index in [0.29, 0.717) is 12.6 Å². The molecule has 23 heavy (non-hydrogen) atoms. The van der Waals surface area contributed by atoms with Crippen LogP contribution in [0.15, 0.2) is 42.5 Å². The third-order valence-electron chi connectivity index (χ3n) is 4.67. The molecule has 0 fully saturated rings. The quantitative estimate of drug-likeness (QED) is 0.927. The van der Waals surface area contributed by atoms with E-state index in [9.17, 15) is 4.79 Å². The van der Waals surface area contributed by atoms with E-state index in [1.165, 1.54) is 16.8 Å². The van der Waals surface area contributed by atoms with Crippen LogP contribution >= 0.6 is 0 Å². The van der Waals surface area contributed by atoms with Gasteiger partial charge in [0.25, 0.3) is 0 Å². The molecule has 0 radical (unpaired) electrons. The third-order valence-corrected chi connectivity index (χ3v) is 4.67. The van der Waals surface area contributed by atoms with Crippen LogP contribution in [0.2, 0.25) is 0 Å². The molecular formula is C20H24N2O. The van der Waals surface area contributed by atoms with Gasteiger partial charge in [-0.2, -0.15) is 0 Å². The van der Waals surface area contributed by atoms with Crippen molar-refractivity contribution in [1.82, 2.24) is 0 Å². The first kappa shape index (κ1) is 15.6. The summed E-state index contributed by atoms with van der Waals surface area (Å²) < 4.78 is 0. The maximum absolute atomic E-state index is 12.6. The van der Waals surface area contributed by atoms with Crippen molar-refractivity contribution in [3.05, 3.63) is 59.2 Å². The number of nitrogens with zero attached hydrogens (tertiary/aromatic N) is 1. The average molecular weight is 308 g/mol. The fourth-order valence-electron chi connectivity index (χ4n) is 3.41. The summed E-state index contributed by atoms with van der Waals surface area (Å²) in [6.07, 6.45) is 1.92. The van der Waals surface area contributed by atoms with Crippen molar-refractivity contribution >= 4 is 17.3 Å². The van der Waals surface area contributed by atoms with Crippen LogP contribution in [0.5, 0.6) is 0 Å². The van der Waals surface area contributed by atoms with Crippen LogP contribution in [0, 0.1) is 6.92 Å². The molecule has 0 saturated heterocycles. The van der Waals surface area contributed by atoms with Gasteiger partial charge < -0.3 is 10.2 Å². The molecule has 1 amide bonds. The van der Waals surface area contributed by atoms with Gasteiger partial charge >= 0.3 is 0 Å². The number of nitrogens with one attached hydrogen (secondary N) is 1. The molecule has 1 N–H and O–H groups in total. The van der Waals surface area contributed by atoms with Gasteiger partial charge in [-0.05, 0) is 49.4 Å². The summed E-state index contributed by atoms with van der Waals surface area (Å²) in [5.41, 5.74) is 5.80. The van der Waals surface area contributed by atoms with Crippen molar-refractivity contribution in [2.24, 2.45) is 0 Å². The van der Waals surface area contributed by atoms with Crippen LogP contribution in [-0.4, -0.2) is 18.5 Å². The number of rotatable bonds is 4. The molecule has 120 valence electrons. The van der Waals surface area contributed by atoms with Gasteiger partial charge in [-0.15, -0.1) is 0 Å². The second kappa shape index (κ2) is 6.45. The Morgan fingerprint density at radius 2 is 2.00 bits per heavy atom. The summed E-state index contributed by atoms with van der Waals surface area (Å²) in [6.45, 7) is 6.74. The van der Waals surface area contributed by atoms with Crippen LogP contribution in [0.3, 0.4) is 0 Å². The Balaban J connectivity index is 1.76. The lowest BCUT2D eigenvalue weighted by Gasteiger charge is -2.24. The van der Waals surface area contributed by atoms with Crippen molar-refractivity contribution in [1.29, 1.82) is 0 Å². The Morgan fingerprint density at radius 3 is 2.78 bits per heavy atom. The Hall–Kier alpha value is -2.29. The number of para-hydroxylation sites is 2. The number of carbonyl (C=O) groups is 1. The van der Waals surface area contributed by atoms with Gasteiger partial charge in [0.1, 0.15) is 0 Å². The predicted octanol–water partition coefficient (Wildman–Crippen LogP) is 3.95. The number of amides is 1. The van der Waals surface area contributed by atoms with Crippen molar-refractivity contribution in [2.45, 2.75) is 39.7 Å². The first-order chi connectivity index (χ1) is 11.1. The van der Waals surface area contributed by atoms with Gasteiger partial charge in [0, 0.05) is 17.4 Å². The first-order valence-electron chi connectivity index (χ1n) is 8.33. The minimum atomic E-state index is 0.0533. The standard InChI is InChI=1S/C20H24N2O/c1-4-16-10-7-8-14(2)20(16)21-19(23)13-22-15(3)12-17-9-5-6-11-18(17)22/h5-11,15H,4,12-13H2,1-3H3,(H,21,23)/t15-/m1/s1. The second-order valence-electron chi connectivity index (χ2n) is 6.32. The highest BCUT2D eigenvalue weighted by molar-refractivity contribution is 5.95. The maximum Gasteiger partial charge on any atom is 0.243 e. The minimum absolute atomic E-state index is 0.0533. The number of carbonyl (C=O) groups excluding carboxylic acids is 1. The average Bonchev–Trinajstić information content (AvgIpc) is 2.85. The smallest absolute Gasteiger partial charge is 0.243 e. The molecule has 1 aliphatic heterocycles. The lowest BCUT2D eigenvalue weighted by molar-refractivity contribution is -0.115. The van der Waals surface area contributed by atoms with E-state index in [4.69, 9.17) is 0 Å². The van der Waals surface area contributed by atoms with Gasteiger partial charge in [-0.3, -0.25) is 4.79 Å². The monoisotopic (exact) mass is 308 g/mol. The van der Waals surface area contributed by atoms with Gasteiger partial charge in [-0.1, -0.05) is 43.3 Å². The summed E-state index contributed by atoms with van der Waals surface area (Å²) in [7, 11) is 0. The molecule has 1 aliphatic rings. The van der Waals surface area contributed by atoms with E-state index in [2.05, 4.69) is 48.3 Å². The van der Waals surface area contributed by atoms with Crippen LogP contribution in [-0.2, 0) is 17.6 Å². The van der Waals surface area contributed by atoms with E-state index in [1.54, 1.807) is 0 Å². The van der Waals surface area contributed by atoms with Gasteiger partial charge in [0.15, 0.2) is 0 Å². The first-order valence-corrected chi connectivity index (χ1v) is 8.33. The largest absolute Gasteiger partial charge is 0.359 e. The molecule has 0 aliphatic carbocycles. The second-order valence-corrected chi connectivity index (χ2v) is 6.32. The lowest BCUT2D eigenvalue weighted by Crippen LogP contribution is -2.37. The molecule has 0 bridgehead atoms. The molecule has 2 aromatic carbocycles. The molecule has 1 heterocycles. The van der Waals surface area contributed by atoms with Crippen LogP contribution in [0.25, 0.3) is 0 Å². The topological polar surface area (TPSA) is 32.3 Å². The fourth-order valence-corrected chi connectivity index (χ4v) is 3.41. The zero-order valence-electron chi connectivity index (χ0n) is 14.1. The Morgan fingerprint density at radius 1 is 1.22 bits per heavy atom. The van der Waals surface area contributed by atoms with E-state index < -0.39 is 0 Å². The molecule has 0 aromatic heterocycles. The molecule has 0 saturated carbocycles. The SMILES string of the molecule is CCc1cccc(C)c1NC(=O)CN1c2ccccc2C[C@H]1C. The van der Waals surface area contributed by atoms with Crippen molar-refractivity contribution in [3.8, 4) is 0 Å². The molecule has 2 aromatic rings. The molecule has 1 atom stereocenters. The Kier molecular flexibility index (Phi) is 4.37. The predicted molar refractivity (Wildman–Crippen MR) is 96.1 cm³/mol. The lowest BCUT2D eigenvalue weighted by atomic mass is 10.1. The molecule has 3 heteroatoms. The Bertz CT molecular complexity index is 723. The fraction of sp³-hybridized carbons (Fsp3) is 0.350.